The van der Waals surface area contributed by atoms with Gasteiger partial charge in [-0.15, -0.1) is 0 Å². The zero-order valence-corrected chi connectivity index (χ0v) is 6.86. The van der Waals surface area contributed by atoms with E-state index in [0.29, 0.717) is 0 Å². The van der Waals surface area contributed by atoms with Gasteiger partial charge in [0.05, 0.1) is 5.69 Å². The van der Waals surface area contributed by atoms with Crippen molar-refractivity contribution in [2.45, 2.75) is 0 Å². The van der Waals surface area contributed by atoms with Crippen molar-refractivity contribution in [3.8, 4) is 11.3 Å². The first kappa shape index (κ1) is 7.10. The molecule has 0 saturated carbocycles. The van der Waals surface area contributed by atoms with Crippen LogP contribution in [0.25, 0.3) is 11.3 Å². The van der Waals surface area contributed by atoms with Crippen molar-refractivity contribution in [3.05, 3.63) is 42.6 Å². The summed E-state index contributed by atoms with van der Waals surface area (Å²) in [6.07, 6.45) is 1.79. The van der Waals surface area contributed by atoms with Crippen LogP contribution in [0.4, 0.5) is 0 Å². The summed E-state index contributed by atoms with van der Waals surface area (Å²) in [5.74, 6) is 0. The number of benzene rings is 1. The fourth-order valence-electron chi connectivity index (χ4n) is 1.19. The third-order valence-corrected chi connectivity index (χ3v) is 1.81. The minimum absolute atomic E-state index is 1.08. The van der Waals surface area contributed by atoms with Gasteiger partial charge in [0, 0.05) is 18.8 Å². The highest BCUT2D eigenvalue weighted by atomic mass is 15.2. The summed E-state index contributed by atoms with van der Waals surface area (Å²) < 4.78 is 1.84. The smallest absolute Gasteiger partial charge is 0.0685 e. The van der Waals surface area contributed by atoms with Gasteiger partial charge in [0.1, 0.15) is 0 Å². The van der Waals surface area contributed by atoms with E-state index < -0.39 is 0 Å². The highest BCUT2D eigenvalue weighted by molar-refractivity contribution is 5.57. The van der Waals surface area contributed by atoms with Gasteiger partial charge in [-0.2, -0.15) is 5.10 Å². The van der Waals surface area contributed by atoms with Crippen LogP contribution >= 0.6 is 0 Å². The van der Waals surface area contributed by atoms with Gasteiger partial charge in [-0.05, 0) is 12.1 Å². The molecule has 0 aliphatic heterocycles. The van der Waals surface area contributed by atoms with Crippen LogP contribution in [-0.4, -0.2) is 9.78 Å². The van der Waals surface area contributed by atoms with Gasteiger partial charge < -0.3 is 0 Å². The van der Waals surface area contributed by atoms with E-state index in [0.717, 1.165) is 11.3 Å². The Kier molecular flexibility index (Phi) is 1.67. The zero-order chi connectivity index (χ0) is 8.39. The summed E-state index contributed by atoms with van der Waals surface area (Å²) >= 11 is 0. The zero-order valence-electron chi connectivity index (χ0n) is 6.86. The van der Waals surface area contributed by atoms with Crippen LogP contribution < -0.4 is 0 Å². The van der Waals surface area contributed by atoms with E-state index in [4.69, 9.17) is 0 Å². The molecular weight excluding hydrogens is 148 g/mol. The van der Waals surface area contributed by atoms with Crippen molar-refractivity contribution in [3.63, 3.8) is 0 Å². The quantitative estimate of drug-likeness (QED) is 0.618. The Labute approximate surface area is 71.5 Å². The van der Waals surface area contributed by atoms with Crippen LogP contribution in [0.15, 0.2) is 36.5 Å². The average molecular weight is 157 g/mol. The Morgan fingerprint density at radius 3 is 2.83 bits per heavy atom. The second kappa shape index (κ2) is 2.81. The largest absolute Gasteiger partial charge is 0.268 e. The maximum atomic E-state index is 4.09. The lowest BCUT2D eigenvalue weighted by Crippen LogP contribution is -1.92. The number of hydrogen-bond acceptors (Lipinski definition) is 1. The molecule has 1 aromatic carbocycles. The maximum absolute atomic E-state index is 4.09. The Hall–Kier alpha value is -1.57. The topological polar surface area (TPSA) is 17.8 Å². The number of rotatable bonds is 1. The molecular formula is C10H9N2. The van der Waals surface area contributed by atoms with Gasteiger partial charge in [0.25, 0.3) is 0 Å². The molecule has 0 amide bonds. The first-order valence-corrected chi connectivity index (χ1v) is 3.83. The Morgan fingerprint density at radius 1 is 1.33 bits per heavy atom. The maximum Gasteiger partial charge on any atom is 0.0685 e. The number of aromatic nitrogens is 2. The summed E-state index contributed by atoms with van der Waals surface area (Å²) in [4.78, 5) is 0. The second-order valence-corrected chi connectivity index (χ2v) is 2.62. The SMILES string of the molecule is Cn1nccc1-c1[c]cccc1. The van der Waals surface area contributed by atoms with Crippen molar-refractivity contribution in [2.75, 3.05) is 0 Å². The molecule has 0 aliphatic rings. The second-order valence-electron chi connectivity index (χ2n) is 2.62. The fourth-order valence-corrected chi connectivity index (χ4v) is 1.19. The number of hydrogen-bond donors (Lipinski definition) is 0. The number of aryl methyl sites for hydroxylation is 1. The molecule has 0 spiro atoms. The predicted octanol–water partition coefficient (Wildman–Crippen LogP) is 1.89. The van der Waals surface area contributed by atoms with Crippen molar-refractivity contribution >= 4 is 0 Å². The molecule has 1 heterocycles. The lowest BCUT2D eigenvalue weighted by molar-refractivity contribution is 0.776. The summed E-state index contributed by atoms with van der Waals surface area (Å²) in [5.41, 5.74) is 2.17. The van der Waals surface area contributed by atoms with E-state index >= 15 is 0 Å². The Balaban J connectivity index is 2.51. The van der Waals surface area contributed by atoms with E-state index in [1.54, 1.807) is 6.20 Å². The minimum atomic E-state index is 1.08. The van der Waals surface area contributed by atoms with Gasteiger partial charge in [0.2, 0.25) is 0 Å². The molecule has 1 aromatic heterocycles. The van der Waals surface area contributed by atoms with Gasteiger partial charge in [-0.1, -0.05) is 24.3 Å². The van der Waals surface area contributed by atoms with Gasteiger partial charge in [0.15, 0.2) is 0 Å². The normalized spacial score (nSPS) is 10.1. The molecule has 0 bridgehead atoms. The highest BCUT2D eigenvalue weighted by Crippen LogP contribution is 2.15. The van der Waals surface area contributed by atoms with Crippen molar-refractivity contribution < 1.29 is 0 Å². The van der Waals surface area contributed by atoms with Crippen molar-refractivity contribution in [2.24, 2.45) is 7.05 Å². The van der Waals surface area contributed by atoms with Crippen LogP contribution in [0.1, 0.15) is 0 Å². The van der Waals surface area contributed by atoms with Crippen LogP contribution in [0.2, 0.25) is 0 Å². The van der Waals surface area contributed by atoms with E-state index in [1.807, 2.05) is 42.1 Å². The van der Waals surface area contributed by atoms with Crippen molar-refractivity contribution in [1.29, 1.82) is 0 Å². The minimum Gasteiger partial charge on any atom is -0.268 e. The molecule has 0 aliphatic carbocycles. The molecule has 0 N–H and O–H groups in total. The molecule has 1 radical (unpaired) electrons. The van der Waals surface area contributed by atoms with E-state index in [9.17, 15) is 0 Å². The summed E-state index contributed by atoms with van der Waals surface area (Å²) in [5, 5.41) is 4.09. The molecule has 0 fully saturated rings. The van der Waals surface area contributed by atoms with Crippen LogP contribution in [-0.2, 0) is 7.05 Å². The summed E-state index contributed by atoms with van der Waals surface area (Å²) in [7, 11) is 1.93. The van der Waals surface area contributed by atoms with Gasteiger partial charge >= 0.3 is 0 Å². The van der Waals surface area contributed by atoms with Gasteiger partial charge in [-0.3, -0.25) is 4.68 Å². The molecule has 2 nitrogen and oxygen atoms in total. The molecule has 59 valence electrons. The van der Waals surface area contributed by atoms with E-state index in [1.165, 1.54) is 0 Å². The Morgan fingerprint density at radius 2 is 2.25 bits per heavy atom. The average Bonchev–Trinajstić information content (AvgIpc) is 2.53. The summed E-state index contributed by atoms with van der Waals surface area (Å²) in [6.45, 7) is 0. The van der Waals surface area contributed by atoms with Crippen LogP contribution in [0.5, 0.6) is 0 Å². The van der Waals surface area contributed by atoms with E-state index in [2.05, 4.69) is 11.2 Å². The number of nitrogens with zero attached hydrogens (tertiary/aromatic N) is 2. The van der Waals surface area contributed by atoms with Crippen LogP contribution in [0.3, 0.4) is 0 Å². The highest BCUT2D eigenvalue weighted by Gasteiger charge is 1.99. The monoisotopic (exact) mass is 157 g/mol. The first-order chi connectivity index (χ1) is 5.88. The molecule has 2 rings (SSSR count). The third-order valence-electron chi connectivity index (χ3n) is 1.81. The first-order valence-electron chi connectivity index (χ1n) is 3.83. The Bertz CT molecular complexity index is 362. The lowest BCUT2D eigenvalue weighted by atomic mass is 10.2. The third kappa shape index (κ3) is 1.11. The van der Waals surface area contributed by atoms with E-state index in [-0.39, 0.29) is 0 Å². The molecule has 0 atom stereocenters. The lowest BCUT2D eigenvalue weighted by Gasteiger charge is -1.99. The van der Waals surface area contributed by atoms with Gasteiger partial charge in [-0.25, -0.2) is 0 Å². The molecule has 0 unspecified atom stereocenters. The van der Waals surface area contributed by atoms with Crippen molar-refractivity contribution in [1.82, 2.24) is 9.78 Å². The summed E-state index contributed by atoms with van der Waals surface area (Å²) in [6, 6.07) is 13.0. The predicted molar refractivity (Wildman–Crippen MR) is 47.5 cm³/mol. The molecule has 0 saturated heterocycles. The fraction of sp³-hybridized carbons (Fsp3) is 0.100. The standard InChI is InChI=1S/C10H9N2/c1-12-10(7-8-11-12)9-5-3-2-4-6-9/h2-5,7-8H,1H3. The molecule has 12 heavy (non-hydrogen) atoms. The molecule has 2 heteroatoms. The molecule has 2 aromatic rings. The van der Waals surface area contributed by atoms with Crippen LogP contribution in [0, 0.1) is 6.07 Å².